The molecule has 1 heterocycles. The molecule has 6 heteroatoms. The van der Waals surface area contributed by atoms with Crippen LogP contribution in [0, 0.1) is 11.6 Å². The van der Waals surface area contributed by atoms with Gasteiger partial charge >= 0.3 is 0 Å². The Labute approximate surface area is 125 Å². The Hall–Kier alpha value is -2.63. The Kier molecular flexibility index (Phi) is 3.91. The van der Waals surface area contributed by atoms with Crippen molar-refractivity contribution in [3.8, 4) is 11.5 Å². The van der Waals surface area contributed by atoms with E-state index in [1.165, 1.54) is 6.07 Å². The van der Waals surface area contributed by atoms with Gasteiger partial charge in [0.15, 0.2) is 11.5 Å². The summed E-state index contributed by atoms with van der Waals surface area (Å²) in [4.78, 5) is 11.9. The van der Waals surface area contributed by atoms with Crippen molar-refractivity contribution in [2.45, 2.75) is 6.54 Å². The Morgan fingerprint density at radius 2 is 1.73 bits per heavy atom. The average molecular weight is 305 g/mol. The van der Waals surface area contributed by atoms with E-state index < -0.39 is 23.1 Å². The van der Waals surface area contributed by atoms with Gasteiger partial charge in [0, 0.05) is 6.54 Å². The van der Waals surface area contributed by atoms with E-state index >= 15 is 0 Å². The molecular weight excluding hydrogens is 292 g/mol. The molecule has 0 radical (unpaired) electrons. The van der Waals surface area contributed by atoms with Crippen LogP contribution in [0.25, 0.3) is 0 Å². The summed E-state index contributed by atoms with van der Waals surface area (Å²) < 4.78 is 37.9. The van der Waals surface area contributed by atoms with Crippen LogP contribution in [0.4, 0.5) is 8.78 Å². The summed E-state index contributed by atoms with van der Waals surface area (Å²) >= 11 is 0. The quantitative estimate of drug-likeness (QED) is 0.948. The highest BCUT2D eigenvalue weighted by atomic mass is 19.1. The van der Waals surface area contributed by atoms with Crippen molar-refractivity contribution in [3.63, 3.8) is 0 Å². The van der Waals surface area contributed by atoms with Crippen molar-refractivity contribution in [2.75, 3.05) is 13.2 Å². The van der Waals surface area contributed by atoms with E-state index in [4.69, 9.17) is 9.47 Å². The minimum absolute atomic E-state index is 0.128. The zero-order valence-electron chi connectivity index (χ0n) is 11.6. The zero-order chi connectivity index (χ0) is 15.5. The van der Waals surface area contributed by atoms with E-state index in [2.05, 4.69) is 5.32 Å². The second-order valence-electron chi connectivity index (χ2n) is 4.76. The molecule has 3 rings (SSSR count). The summed E-state index contributed by atoms with van der Waals surface area (Å²) in [5.41, 5.74) is 0.161. The molecule has 0 bridgehead atoms. The smallest absolute Gasteiger partial charge is 0.257 e. The van der Waals surface area contributed by atoms with Gasteiger partial charge in [-0.2, -0.15) is 0 Å². The molecule has 0 saturated heterocycles. The second kappa shape index (κ2) is 6.01. The van der Waals surface area contributed by atoms with Crippen LogP contribution in [0.2, 0.25) is 0 Å². The van der Waals surface area contributed by atoms with Gasteiger partial charge in [0.2, 0.25) is 0 Å². The third-order valence-electron chi connectivity index (χ3n) is 3.25. The van der Waals surface area contributed by atoms with Crippen LogP contribution < -0.4 is 14.8 Å². The molecule has 1 aliphatic heterocycles. The molecule has 22 heavy (non-hydrogen) atoms. The highest BCUT2D eigenvalue weighted by Crippen LogP contribution is 2.30. The number of hydrogen-bond donors (Lipinski definition) is 1. The monoisotopic (exact) mass is 305 g/mol. The molecule has 0 fully saturated rings. The first-order chi connectivity index (χ1) is 10.6. The number of rotatable bonds is 3. The van der Waals surface area contributed by atoms with E-state index in [9.17, 15) is 13.6 Å². The Morgan fingerprint density at radius 1 is 1.05 bits per heavy atom. The van der Waals surface area contributed by atoms with E-state index in [0.717, 1.165) is 17.7 Å². The normalized spacial score (nSPS) is 12.8. The number of hydrogen-bond acceptors (Lipinski definition) is 3. The third-order valence-corrected chi connectivity index (χ3v) is 3.25. The number of benzene rings is 2. The van der Waals surface area contributed by atoms with Gasteiger partial charge in [0.1, 0.15) is 30.4 Å². The molecule has 114 valence electrons. The lowest BCUT2D eigenvalue weighted by molar-refractivity contribution is 0.0942. The first kappa shape index (κ1) is 14.3. The van der Waals surface area contributed by atoms with Crippen molar-refractivity contribution in [2.24, 2.45) is 0 Å². The fourth-order valence-electron chi connectivity index (χ4n) is 2.18. The van der Waals surface area contributed by atoms with E-state index in [0.29, 0.717) is 24.7 Å². The molecule has 0 saturated carbocycles. The summed E-state index contributed by atoms with van der Waals surface area (Å²) in [6.07, 6.45) is 0. The SMILES string of the molecule is O=C(NCc1ccc2c(c1)OCCO2)c1c(F)cccc1F. The lowest BCUT2D eigenvalue weighted by Crippen LogP contribution is -2.25. The van der Waals surface area contributed by atoms with Gasteiger partial charge in [0.25, 0.3) is 5.91 Å². The summed E-state index contributed by atoms with van der Waals surface area (Å²) in [6, 6.07) is 8.52. The predicted octanol–water partition coefficient (Wildman–Crippen LogP) is 2.67. The molecule has 2 aromatic carbocycles. The van der Waals surface area contributed by atoms with E-state index in [-0.39, 0.29) is 6.54 Å². The molecule has 0 unspecified atom stereocenters. The Balaban J connectivity index is 1.71. The van der Waals surface area contributed by atoms with Crippen LogP contribution in [0.1, 0.15) is 15.9 Å². The van der Waals surface area contributed by atoms with Crippen molar-refractivity contribution in [3.05, 3.63) is 59.2 Å². The van der Waals surface area contributed by atoms with E-state index in [1.807, 2.05) is 0 Å². The number of nitrogens with one attached hydrogen (secondary N) is 1. The van der Waals surface area contributed by atoms with Gasteiger partial charge in [-0.25, -0.2) is 8.78 Å². The molecule has 0 aliphatic carbocycles. The fraction of sp³-hybridized carbons (Fsp3) is 0.188. The van der Waals surface area contributed by atoms with Gasteiger partial charge < -0.3 is 14.8 Å². The number of amides is 1. The van der Waals surface area contributed by atoms with Crippen LogP contribution in [0.5, 0.6) is 11.5 Å². The lowest BCUT2D eigenvalue weighted by atomic mass is 10.1. The van der Waals surface area contributed by atoms with Gasteiger partial charge in [-0.1, -0.05) is 12.1 Å². The first-order valence-corrected chi connectivity index (χ1v) is 6.76. The number of ether oxygens (including phenoxy) is 2. The third kappa shape index (κ3) is 2.86. The molecule has 1 aliphatic rings. The summed E-state index contributed by atoms with van der Waals surface area (Å²) in [5, 5.41) is 2.49. The van der Waals surface area contributed by atoms with Crippen LogP contribution in [0.15, 0.2) is 36.4 Å². The summed E-state index contributed by atoms with van der Waals surface area (Å²) in [5.74, 6) is -1.35. The highest BCUT2D eigenvalue weighted by molar-refractivity contribution is 5.94. The number of halogens is 2. The van der Waals surface area contributed by atoms with Gasteiger partial charge in [-0.05, 0) is 29.8 Å². The van der Waals surface area contributed by atoms with Gasteiger partial charge in [0.05, 0.1) is 0 Å². The van der Waals surface area contributed by atoms with Crippen molar-refractivity contribution >= 4 is 5.91 Å². The Bertz CT molecular complexity index is 698. The van der Waals surface area contributed by atoms with Crippen LogP contribution >= 0.6 is 0 Å². The van der Waals surface area contributed by atoms with Crippen LogP contribution in [-0.4, -0.2) is 19.1 Å². The maximum Gasteiger partial charge on any atom is 0.257 e. The standard InChI is InChI=1S/C16H13F2NO3/c17-11-2-1-3-12(18)15(11)16(20)19-9-10-4-5-13-14(8-10)22-7-6-21-13/h1-5,8H,6-7,9H2,(H,19,20). The summed E-state index contributed by atoms with van der Waals surface area (Å²) in [6.45, 7) is 1.09. The lowest BCUT2D eigenvalue weighted by Gasteiger charge is -2.19. The van der Waals surface area contributed by atoms with Crippen LogP contribution in [-0.2, 0) is 6.54 Å². The molecule has 0 atom stereocenters. The van der Waals surface area contributed by atoms with Crippen molar-refractivity contribution < 1.29 is 23.0 Å². The summed E-state index contributed by atoms with van der Waals surface area (Å²) in [7, 11) is 0. The van der Waals surface area contributed by atoms with Gasteiger partial charge in [-0.15, -0.1) is 0 Å². The van der Waals surface area contributed by atoms with Gasteiger partial charge in [-0.3, -0.25) is 4.79 Å². The molecule has 1 N–H and O–H groups in total. The molecular formula is C16H13F2NO3. The number of carbonyl (C=O) groups excluding carboxylic acids is 1. The Morgan fingerprint density at radius 3 is 2.45 bits per heavy atom. The molecule has 0 spiro atoms. The molecule has 0 aromatic heterocycles. The predicted molar refractivity (Wildman–Crippen MR) is 75.0 cm³/mol. The number of fused-ring (bicyclic) bond motifs is 1. The minimum atomic E-state index is -0.889. The topological polar surface area (TPSA) is 47.6 Å². The first-order valence-electron chi connectivity index (χ1n) is 6.76. The van der Waals surface area contributed by atoms with Crippen LogP contribution in [0.3, 0.4) is 0 Å². The minimum Gasteiger partial charge on any atom is -0.486 e. The molecule has 4 nitrogen and oxygen atoms in total. The van der Waals surface area contributed by atoms with Crippen molar-refractivity contribution in [1.29, 1.82) is 0 Å². The van der Waals surface area contributed by atoms with E-state index in [1.54, 1.807) is 18.2 Å². The maximum atomic E-state index is 13.5. The fourth-order valence-corrected chi connectivity index (χ4v) is 2.18. The van der Waals surface area contributed by atoms with Crippen molar-refractivity contribution in [1.82, 2.24) is 5.32 Å². The zero-order valence-corrected chi connectivity index (χ0v) is 11.6. The molecule has 2 aromatic rings. The number of carbonyl (C=O) groups is 1. The highest BCUT2D eigenvalue weighted by Gasteiger charge is 2.17. The average Bonchev–Trinajstić information content (AvgIpc) is 2.52. The maximum absolute atomic E-state index is 13.5. The largest absolute Gasteiger partial charge is 0.486 e. The molecule has 1 amide bonds. The second-order valence-corrected chi connectivity index (χ2v) is 4.76.